The van der Waals surface area contributed by atoms with E-state index in [0.29, 0.717) is 30.2 Å². The number of carboxylic acid groups (broad SMARTS) is 1. The fourth-order valence-corrected chi connectivity index (χ4v) is 2.29. The van der Waals surface area contributed by atoms with E-state index in [1.807, 2.05) is 6.92 Å². The summed E-state index contributed by atoms with van der Waals surface area (Å²) in [5, 5.41) is 9.30. The van der Waals surface area contributed by atoms with Crippen LogP contribution in [0.15, 0.2) is 18.2 Å². The highest BCUT2D eigenvalue weighted by Crippen LogP contribution is 2.27. The zero-order valence-electron chi connectivity index (χ0n) is 11.3. The zero-order valence-corrected chi connectivity index (χ0v) is 11.3. The van der Waals surface area contributed by atoms with Crippen molar-refractivity contribution in [1.82, 2.24) is 0 Å². The topological polar surface area (TPSA) is 59.0 Å². The maximum absolute atomic E-state index is 11.3. The first-order valence-corrected chi connectivity index (χ1v) is 6.39. The first-order chi connectivity index (χ1) is 9.11. The largest absolute Gasteiger partial charge is 0.497 e. The van der Waals surface area contributed by atoms with Gasteiger partial charge in [0.05, 0.1) is 24.5 Å². The van der Waals surface area contributed by atoms with Crippen LogP contribution >= 0.6 is 0 Å². The Hall–Kier alpha value is -1.75. The van der Waals surface area contributed by atoms with Crippen molar-refractivity contribution in [2.24, 2.45) is 0 Å². The first-order valence-electron chi connectivity index (χ1n) is 6.39. The molecule has 0 radical (unpaired) electrons. The highest BCUT2D eigenvalue weighted by atomic mass is 16.5. The molecule has 5 nitrogen and oxygen atoms in total. The van der Waals surface area contributed by atoms with Crippen LogP contribution < -0.4 is 9.64 Å². The van der Waals surface area contributed by atoms with E-state index in [1.165, 1.54) is 0 Å². The Morgan fingerprint density at radius 2 is 2.32 bits per heavy atom. The van der Waals surface area contributed by atoms with Gasteiger partial charge in [0.25, 0.3) is 0 Å². The second-order valence-electron chi connectivity index (χ2n) is 4.67. The predicted octanol–water partition coefficient (Wildman–Crippen LogP) is 2.01. The number of carboxylic acids is 1. The van der Waals surface area contributed by atoms with Crippen molar-refractivity contribution in [3.8, 4) is 5.75 Å². The third-order valence-electron chi connectivity index (χ3n) is 3.23. The molecule has 1 unspecified atom stereocenters. The summed E-state index contributed by atoms with van der Waals surface area (Å²) >= 11 is 0. The second-order valence-corrected chi connectivity index (χ2v) is 4.67. The Kier molecular flexibility index (Phi) is 4.27. The Morgan fingerprint density at radius 3 is 3.00 bits per heavy atom. The summed E-state index contributed by atoms with van der Waals surface area (Å²) < 4.78 is 10.8. The number of anilines is 1. The third-order valence-corrected chi connectivity index (χ3v) is 3.23. The molecular weight excluding hydrogens is 246 g/mol. The van der Waals surface area contributed by atoms with Gasteiger partial charge in [0.15, 0.2) is 0 Å². The SMILES string of the molecule is COc1ccc(C(=O)O)c(N2CCCOC(C)C2)c1. The highest BCUT2D eigenvalue weighted by molar-refractivity contribution is 5.94. The number of hydrogen-bond acceptors (Lipinski definition) is 4. The fraction of sp³-hybridized carbons (Fsp3) is 0.500. The second kappa shape index (κ2) is 5.93. The van der Waals surface area contributed by atoms with Crippen molar-refractivity contribution in [2.45, 2.75) is 19.4 Å². The molecule has 1 heterocycles. The molecule has 0 aromatic heterocycles. The van der Waals surface area contributed by atoms with Gasteiger partial charge < -0.3 is 19.5 Å². The van der Waals surface area contributed by atoms with Crippen molar-refractivity contribution in [3.63, 3.8) is 0 Å². The van der Waals surface area contributed by atoms with Crippen LogP contribution in [0.4, 0.5) is 5.69 Å². The molecule has 1 aliphatic heterocycles. The summed E-state index contributed by atoms with van der Waals surface area (Å²) in [6, 6.07) is 5.04. The van der Waals surface area contributed by atoms with E-state index in [4.69, 9.17) is 9.47 Å². The van der Waals surface area contributed by atoms with Gasteiger partial charge in [-0.05, 0) is 25.5 Å². The number of methoxy groups -OCH3 is 1. The number of benzene rings is 1. The summed E-state index contributed by atoms with van der Waals surface area (Å²) in [6.45, 7) is 4.19. The van der Waals surface area contributed by atoms with Crippen molar-refractivity contribution < 1.29 is 19.4 Å². The minimum Gasteiger partial charge on any atom is -0.497 e. The average molecular weight is 265 g/mol. The lowest BCUT2D eigenvalue weighted by atomic mass is 10.1. The van der Waals surface area contributed by atoms with Gasteiger partial charge in [-0.2, -0.15) is 0 Å². The monoisotopic (exact) mass is 265 g/mol. The molecule has 1 aromatic carbocycles. The summed E-state index contributed by atoms with van der Waals surface area (Å²) in [5.41, 5.74) is 0.999. The molecule has 0 bridgehead atoms. The van der Waals surface area contributed by atoms with Gasteiger partial charge in [-0.15, -0.1) is 0 Å². The Morgan fingerprint density at radius 1 is 1.53 bits per heavy atom. The first kappa shape index (κ1) is 13.7. The molecule has 1 atom stereocenters. The lowest BCUT2D eigenvalue weighted by Crippen LogP contribution is -2.31. The van der Waals surface area contributed by atoms with Crippen LogP contribution in [-0.4, -0.2) is 44.0 Å². The molecule has 0 aliphatic carbocycles. The number of ether oxygens (including phenoxy) is 2. The molecule has 2 rings (SSSR count). The smallest absolute Gasteiger partial charge is 0.337 e. The quantitative estimate of drug-likeness (QED) is 0.906. The maximum Gasteiger partial charge on any atom is 0.337 e. The average Bonchev–Trinajstić information content (AvgIpc) is 2.62. The van der Waals surface area contributed by atoms with E-state index in [2.05, 4.69) is 4.90 Å². The molecule has 19 heavy (non-hydrogen) atoms. The van der Waals surface area contributed by atoms with Gasteiger partial charge in [-0.1, -0.05) is 0 Å². The Balaban J connectivity index is 2.36. The van der Waals surface area contributed by atoms with E-state index in [0.717, 1.165) is 13.0 Å². The minimum atomic E-state index is -0.921. The Bertz CT molecular complexity index is 461. The van der Waals surface area contributed by atoms with Gasteiger partial charge in [0.1, 0.15) is 5.75 Å². The zero-order chi connectivity index (χ0) is 13.8. The summed E-state index contributed by atoms with van der Waals surface area (Å²) in [5.74, 6) is -0.256. The van der Waals surface area contributed by atoms with Crippen molar-refractivity contribution >= 4 is 11.7 Å². The van der Waals surface area contributed by atoms with E-state index in [1.54, 1.807) is 25.3 Å². The molecule has 104 valence electrons. The molecule has 0 saturated carbocycles. The van der Waals surface area contributed by atoms with Gasteiger partial charge in [-0.25, -0.2) is 4.79 Å². The summed E-state index contributed by atoms with van der Waals surface area (Å²) in [7, 11) is 1.58. The summed E-state index contributed by atoms with van der Waals surface area (Å²) in [4.78, 5) is 13.4. The number of nitrogens with zero attached hydrogens (tertiary/aromatic N) is 1. The van der Waals surface area contributed by atoms with Crippen molar-refractivity contribution in [2.75, 3.05) is 31.7 Å². The molecule has 1 fully saturated rings. The van der Waals surface area contributed by atoms with Crippen LogP contribution in [0.1, 0.15) is 23.7 Å². The van der Waals surface area contributed by atoms with Gasteiger partial charge in [-0.3, -0.25) is 0 Å². The molecule has 0 amide bonds. The molecule has 5 heteroatoms. The molecular formula is C14H19NO4. The van der Waals surface area contributed by atoms with Crippen LogP contribution in [-0.2, 0) is 4.74 Å². The number of rotatable bonds is 3. The van der Waals surface area contributed by atoms with E-state index in [9.17, 15) is 9.90 Å². The normalized spacial score (nSPS) is 19.9. The van der Waals surface area contributed by atoms with Crippen molar-refractivity contribution in [3.05, 3.63) is 23.8 Å². The number of carbonyl (C=O) groups is 1. The molecule has 1 aliphatic rings. The van der Waals surface area contributed by atoms with E-state index < -0.39 is 5.97 Å². The summed E-state index contributed by atoms with van der Waals surface area (Å²) in [6.07, 6.45) is 0.982. The van der Waals surface area contributed by atoms with Crippen LogP contribution in [0.3, 0.4) is 0 Å². The molecule has 1 N–H and O–H groups in total. The molecule has 1 saturated heterocycles. The van der Waals surface area contributed by atoms with Crippen LogP contribution in [0.2, 0.25) is 0 Å². The lowest BCUT2D eigenvalue weighted by Gasteiger charge is -2.26. The van der Waals surface area contributed by atoms with Gasteiger partial charge in [0, 0.05) is 25.8 Å². The number of hydrogen-bond donors (Lipinski definition) is 1. The standard InChI is InChI=1S/C14H19NO4/c1-10-9-15(6-3-7-19-10)13-8-11(18-2)4-5-12(13)14(16)17/h4-5,8,10H,3,6-7,9H2,1-2H3,(H,16,17). The number of aromatic carboxylic acids is 1. The molecule has 1 aromatic rings. The van der Waals surface area contributed by atoms with Crippen molar-refractivity contribution in [1.29, 1.82) is 0 Å². The van der Waals surface area contributed by atoms with Gasteiger partial charge >= 0.3 is 5.97 Å². The van der Waals surface area contributed by atoms with E-state index in [-0.39, 0.29) is 6.10 Å². The lowest BCUT2D eigenvalue weighted by molar-refractivity contribution is 0.0696. The van der Waals surface area contributed by atoms with E-state index >= 15 is 0 Å². The molecule has 0 spiro atoms. The van der Waals surface area contributed by atoms with Crippen LogP contribution in [0.5, 0.6) is 5.75 Å². The highest BCUT2D eigenvalue weighted by Gasteiger charge is 2.21. The van der Waals surface area contributed by atoms with Crippen LogP contribution in [0.25, 0.3) is 0 Å². The Labute approximate surface area is 112 Å². The minimum absolute atomic E-state index is 0.0929. The fourth-order valence-electron chi connectivity index (χ4n) is 2.29. The van der Waals surface area contributed by atoms with Gasteiger partial charge in [0.2, 0.25) is 0 Å². The third kappa shape index (κ3) is 3.17. The van der Waals surface area contributed by atoms with Crippen LogP contribution in [0, 0.1) is 0 Å². The predicted molar refractivity (Wildman–Crippen MR) is 72.2 cm³/mol. The maximum atomic E-state index is 11.3.